The van der Waals surface area contributed by atoms with Gasteiger partial charge in [0.1, 0.15) is 0 Å². The van der Waals surface area contributed by atoms with Crippen LogP contribution in [0.1, 0.15) is 34.8 Å². The molecule has 0 saturated carbocycles. The number of carbonyl (C=O) groups is 1. The van der Waals surface area contributed by atoms with Crippen molar-refractivity contribution < 1.29 is 14.3 Å². The van der Waals surface area contributed by atoms with Gasteiger partial charge in [-0.15, -0.1) is 0 Å². The van der Waals surface area contributed by atoms with Crippen LogP contribution < -0.4 is 15.0 Å². The summed E-state index contributed by atoms with van der Waals surface area (Å²) in [5.41, 5.74) is 1.25. The van der Waals surface area contributed by atoms with Gasteiger partial charge in [0.2, 0.25) is 0 Å². The fourth-order valence-corrected chi connectivity index (χ4v) is 3.26. The lowest BCUT2D eigenvalue weighted by Crippen LogP contribution is -2.31. The van der Waals surface area contributed by atoms with E-state index in [1.165, 1.54) is 10.6 Å². The Morgan fingerprint density at radius 1 is 1.12 bits per heavy atom. The summed E-state index contributed by atoms with van der Waals surface area (Å²) < 4.78 is 12.1. The summed E-state index contributed by atoms with van der Waals surface area (Å²) in [6, 6.07) is 8.78. The summed E-state index contributed by atoms with van der Waals surface area (Å²) in [7, 11) is 4.86. The fraction of sp³-hybridized carbons (Fsp3) is 0.368. The normalized spacial score (nSPS) is 16.8. The number of hydrogen-bond acceptors (Lipinski definition) is 4. The van der Waals surface area contributed by atoms with E-state index in [9.17, 15) is 9.59 Å². The van der Waals surface area contributed by atoms with Crippen LogP contribution in [0.3, 0.4) is 0 Å². The molecule has 0 unspecified atom stereocenters. The molecule has 1 aromatic heterocycles. The zero-order chi connectivity index (χ0) is 18.0. The lowest BCUT2D eigenvalue weighted by atomic mass is 10.0. The van der Waals surface area contributed by atoms with Crippen molar-refractivity contribution in [1.29, 1.82) is 0 Å². The molecular weight excluding hydrogens is 320 g/mol. The highest BCUT2D eigenvalue weighted by Gasteiger charge is 2.31. The van der Waals surface area contributed by atoms with Crippen molar-refractivity contribution >= 4 is 5.91 Å². The van der Waals surface area contributed by atoms with Crippen LogP contribution in [0.5, 0.6) is 11.5 Å². The summed E-state index contributed by atoms with van der Waals surface area (Å²) in [6.07, 6.45) is 3.43. The van der Waals surface area contributed by atoms with Gasteiger partial charge in [0.25, 0.3) is 11.5 Å². The van der Waals surface area contributed by atoms with Crippen molar-refractivity contribution in [2.45, 2.75) is 18.9 Å². The van der Waals surface area contributed by atoms with E-state index in [4.69, 9.17) is 9.47 Å². The number of benzene rings is 1. The van der Waals surface area contributed by atoms with Crippen LogP contribution in [0.25, 0.3) is 0 Å². The number of aromatic nitrogens is 1. The SMILES string of the molecule is COc1ccc([C@@H]2CCCN2C(=O)c2ccn(C)c(=O)c2)cc1OC. The maximum atomic E-state index is 12.9. The number of amides is 1. The van der Waals surface area contributed by atoms with E-state index in [0.29, 0.717) is 23.6 Å². The van der Waals surface area contributed by atoms with Gasteiger partial charge in [-0.25, -0.2) is 0 Å². The second-order valence-electron chi connectivity index (χ2n) is 6.14. The van der Waals surface area contributed by atoms with Gasteiger partial charge >= 0.3 is 0 Å². The third-order valence-corrected chi connectivity index (χ3v) is 4.66. The molecular formula is C19H22N2O4. The number of hydrogen-bond donors (Lipinski definition) is 0. The summed E-state index contributed by atoms with van der Waals surface area (Å²) in [4.78, 5) is 26.5. The van der Waals surface area contributed by atoms with E-state index in [2.05, 4.69) is 0 Å². The summed E-state index contributed by atoms with van der Waals surface area (Å²) in [5, 5.41) is 0. The lowest BCUT2D eigenvalue weighted by molar-refractivity contribution is 0.0735. The van der Waals surface area contributed by atoms with Crippen molar-refractivity contribution in [1.82, 2.24) is 9.47 Å². The highest BCUT2D eigenvalue weighted by Crippen LogP contribution is 2.37. The molecule has 0 N–H and O–H groups in total. The van der Waals surface area contributed by atoms with Gasteiger partial charge in [-0.2, -0.15) is 0 Å². The molecule has 1 aliphatic rings. The van der Waals surface area contributed by atoms with Crippen molar-refractivity contribution in [2.75, 3.05) is 20.8 Å². The Labute approximate surface area is 146 Å². The lowest BCUT2D eigenvalue weighted by Gasteiger charge is -2.26. The molecule has 1 amide bonds. The molecule has 3 rings (SSSR count). The van der Waals surface area contributed by atoms with Gasteiger partial charge in [0.15, 0.2) is 11.5 Å². The van der Waals surface area contributed by atoms with Gasteiger partial charge in [-0.1, -0.05) is 6.07 Å². The highest BCUT2D eigenvalue weighted by molar-refractivity contribution is 5.94. The van der Waals surface area contributed by atoms with Gasteiger partial charge in [0.05, 0.1) is 20.3 Å². The zero-order valence-corrected chi connectivity index (χ0v) is 14.7. The molecule has 0 aliphatic carbocycles. The van der Waals surface area contributed by atoms with Crippen LogP contribution in [-0.4, -0.2) is 36.1 Å². The Morgan fingerprint density at radius 3 is 2.56 bits per heavy atom. The molecule has 25 heavy (non-hydrogen) atoms. The maximum Gasteiger partial charge on any atom is 0.254 e. The van der Waals surface area contributed by atoms with Crippen LogP contribution in [0.2, 0.25) is 0 Å². The number of likely N-dealkylation sites (tertiary alicyclic amines) is 1. The maximum absolute atomic E-state index is 12.9. The van der Waals surface area contributed by atoms with Crippen molar-refractivity contribution in [2.24, 2.45) is 7.05 Å². The molecule has 0 radical (unpaired) electrons. The van der Waals surface area contributed by atoms with Gasteiger partial charge in [0, 0.05) is 31.4 Å². The Bertz CT molecular complexity index is 844. The number of ether oxygens (including phenoxy) is 2. The number of carbonyl (C=O) groups excluding carboxylic acids is 1. The smallest absolute Gasteiger partial charge is 0.254 e. The second kappa shape index (κ2) is 7.01. The molecule has 1 saturated heterocycles. The van der Waals surface area contributed by atoms with Crippen LogP contribution in [0, 0.1) is 0 Å². The molecule has 1 aromatic carbocycles. The third-order valence-electron chi connectivity index (χ3n) is 4.66. The Balaban J connectivity index is 1.91. The number of nitrogens with zero attached hydrogens (tertiary/aromatic N) is 2. The number of methoxy groups -OCH3 is 2. The zero-order valence-electron chi connectivity index (χ0n) is 14.7. The van der Waals surface area contributed by atoms with Gasteiger partial charge in [-0.3, -0.25) is 9.59 Å². The second-order valence-corrected chi connectivity index (χ2v) is 6.14. The van der Waals surface area contributed by atoms with Crippen molar-refractivity contribution in [3.05, 3.63) is 58.0 Å². The molecule has 132 valence electrons. The van der Waals surface area contributed by atoms with E-state index in [0.717, 1.165) is 18.4 Å². The van der Waals surface area contributed by atoms with E-state index >= 15 is 0 Å². The molecule has 1 fully saturated rings. The first-order valence-electron chi connectivity index (χ1n) is 8.24. The van der Waals surface area contributed by atoms with E-state index in [1.54, 1.807) is 33.5 Å². The average molecular weight is 342 g/mol. The molecule has 6 heteroatoms. The number of rotatable bonds is 4. The van der Waals surface area contributed by atoms with Crippen molar-refractivity contribution in [3.8, 4) is 11.5 Å². The Morgan fingerprint density at radius 2 is 1.88 bits per heavy atom. The molecule has 1 atom stereocenters. The van der Waals surface area contributed by atoms with Crippen LogP contribution in [0.4, 0.5) is 0 Å². The average Bonchev–Trinajstić information content (AvgIpc) is 3.12. The van der Waals surface area contributed by atoms with Gasteiger partial charge < -0.3 is 18.9 Å². The van der Waals surface area contributed by atoms with Crippen molar-refractivity contribution in [3.63, 3.8) is 0 Å². The summed E-state index contributed by atoms with van der Waals surface area (Å²) >= 11 is 0. The van der Waals surface area contributed by atoms with E-state index in [1.807, 2.05) is 23.1 Å². The molecule has 0 spiro atoms. The number of aryl methyl sites for hydroxylation is 1. The minimum absolute atomic E-state index is 0.0311. The topological polar surface area (TPSA) is 60.8 Å². The van der Waals surface area contributed by atoms with E-state index < -0.39 is 0 Å². The molecule has 0 bridgehead atoms. The first-order valence-corrected chi connectivity index (χ1v) is 8.24. The Kier molecular flexibility index (Phi) is 4.79. The minimum atomic E-state index is -0.187. The largest absolute Gasteiger partial charge is 0.493 e. The quantitative estimate of drug-likeness (QED) is 0.856. The highest BCUT2D eigenvalue weighted by atomic mass is 16.5. The van der Waals surface area contributed by atoms with Crippen LogP contribution in [-0.2, 0) is 7.05 Å². The predicted octanol–water partition coefficient (Wildman–Crippen LogP) is 2.38. The first kappa shape index (κ1) is 17.1. The monoisotopic (exact) mass is 342 g/mol. The standard InChI is InChI=1S/C19H22N2O4/c1-20-10-8-14(12-18(20)22)19(23)21-9-4-5-15(21)13-6-7-16(24-2)17(11-13)25-3/h6-8,10-12,15H,4-5,9H2,1-3H3/t15-/m0/s1. The molecule has 6 nitrogen and oxygen atoms in total. The Hall–Kier alpha value is -2.76. The minimum Gasteiger partial charge on any atom is -0.493 e. The van der Waals surface area contributed by atoms with Crippen LogP contribution in [0.15, 0.2) is 41.3 Å². The predicted molar refractivity (Wildman–Crippen MR) is 94.2 cm³/mol. The first-order chi connectivity index (χ1) is 12.0. The van der Waals surface area contributed by atoms with Gasteiger partial charge in [-0.05, 0) is 36.6 Å². The third kappa shape index (κ3) is 3.24. The fourth-order valence-electron chi connectivity index (χ4n) is 3.26. The molecule has 1 aliphatic heterocycles. The van der Waals surface area contributed by atoms with E-state index in [-0.39, 0.29) is 17.5 Å². The molecule has 2 aromatic rings. The molecule has 2 heterocycles. The number of pyridine rings is 1. The summed E-state index contributed by atoms with van der Waals surface area (Å²) in [5.74, 6) is 1.19. The van der Waals surface area contributed by atoms with Crippen LogP contribution >= 0.6 is 0 Å². The summed E-state index contributed by atoms with van der Waals surface area (Å²) in [6.45, 7) is 0.674.